The first-order valence-corrected chi connectivity index (χ1v) is 7.28. The van der Waals surface area contributed by atoms with Gasteiger partial charge in [-0.05, 0) is 36.8 Å². The molecule has 0 radical (unpaired) electrons. The van der Waals surface area contributed by atoms with Gasteiger partial charge in [-0.1, -0.05) is 12.1 Å². The first-order valence-electron chi connectivity index (χ1n) is 7.28. The Morgan fingerprint density at radius 2 is 2.00 bits per heavy atom. The highest BCUT2D eigenvalue weighted by molar-refractivity contribution is 5.93. The summed E-state index contributed by atoms with van der Waals surface area (Å²) in [6.07, 6.45) is 0.252. The number of anilines is 1. The zero-order valence-corrected chi connectivity index (χ0v) is 12.6. The average molecular weight is 312 g/mol. The molecule has 0 spiro atoms. The van der Waals surface area contributed by atoms with Gasteiger partial charge in [0.05, 0.1) is 18.5 Å². The molecule has 2 aromatic carbocycles. The number of carbonyl (C=O) groups is 1. The lowest BCUT2D eigenvalue weighted by molar-refractivity contribution is -0.115. The molecule has 0 aliphatic heterocycles. The van der Waals surface area contributed by atoms with E-state index in [1.54, 1.807) is 18.2 Å². The van der Waals surface area contributed by atoms with Gasteiger partial charge in [-0.15, -0.1) is 0 Å². The van der Waals surface area contributed by atoms with Crippen molar-refractivity contribution in [3.8, 4) is 5.75 Å². The van der Waals surface area contributed by atoms with Crippen molar-refractivity contribution in [1.82, 2.24) is 4.98 Å². The fourth-order valence-electron chi connectivity index (χ4n) is 2.28. The van der Waals surface area contributed by atoms with E-state index < -0.39 is 5.76 Å². The summed E-state index contributed by atoms with van der Waals surface area (Å²) >= 11 is 0. The first kappa shape index (κ1) is 14.9. The van der Waals surface area contributed by atoms with Crippen molar-refractivity contribution in [2.45, 2.75) is 13.3 Å². The minimum absolute atomic E-state index is 0.147. The number of H-pyrrole nitrogens is 1. The van der Waals surface area contributed by atoms with Gasteiger partial charge in [-0.25, -0.2) is 4.79 Å². The summed E-state index contributed by atoms with van der Waals surface area (Å²) in [5.41, 5.74) is 2.48. The van der Waals surface area contributed by atoms with E-state index in [4.69, 9.17) is 9.15 Å². The molecule has 1 heterocycles. The summed E-state index contributed by atoms with van der Waals surface area (Å²) in [5.74, 6) is 0.119. The van der Waals surface area contributed by atoms with Crippen molar-refractivity contribution in [2.24, 2.45) is 0 Å². The summed E-state index contributed by atoms with van der Waals surface area (Å²) in [4.78, 5) is 25.8. The minimum atomic E-state index is -0.516. The molecule has 23 heavy (non-hydrogen) atoms. The number of fused-ring (bicyclic) bond motifs is 1. The Labute approximate surface area is 132 Å². The molecule has 2 N–H and O–H groups in total. The number of rotatable bonds is 5. The van der Waals surface area contributed by atoms with Crippen LogP contribution in [0, 0.1) is 0 Å². The number of carbonyl (C=O) groups excluding carboxylic acids is 1. The summed E-state index contributed by atoms with van der Waals surface area (Å²) in [6.45, 7) is 2.53. The van der Waals surface area contributed by atoms with Crippen molar-refractivity contribution in [1.29, 1.82) is 0 Å². The van der Waals surface area contributed by atoms with E-state index in [9.17, 15) is 9.59 Å². The van der Waals surface area contributed by atoms with E-state index in [1.807, 2.05) is 31.2 Å². The van der Waals surface area contributed by atoms with E-state index in [0.29, 0.717) is 23.4 Å². The number of hydrogen-bond donors (Lipinski definition) is 2. The third-order valence-electron chi connectivity index (χ3n) is 3.30. The lowest BCUT2D eigenvalue weighted by Crippen LogP contribution is -2.14. The largest absolute Gasteiger partial charge is 0.494 e. The number of aromatic nitrogens is 1. The molecule has 0 aliphatic carbocycles. The molecule has 3 aromatic rings. The average Bonchev–Trinajstić information content (AvgIpc) is 2.89. The van der Waals surface area contributed by atoms with Crippen molar-refractivity contribution in [3.63, 3.8) is 0 Å². The van der Waals surface area contributed by atoms with E-state index >= 15 is 0 Å². The number of nitrogens with one attached hydrogen (secondary N) is 2. The topological polar surface area (TPSA) is 84.3 Å². The number of ether oxygens (including phenoxy) is 1. The smallest absolute Gasteiger partial charge is 0.417 e. The lowest BCUT2D eigenvalue weighted by atomic mass is 10.1. The predicted octanol–water partition coefficient (Wildman–Crippen LogP) is 2.70. The van der Waals surface area contributed by atoms with Gasteiger partial charge >= 0.3 is 5.76 Å². The first-order chi connectivity index (χ1) is 11.1. The van der Waals surface area contributed by atoms with E-state index in [1.165, 1.54) is 0 Å². The van der Waals surface area contributed by atoms with Gasteiger partial charge < -0.3 is 14.5 Å². The molecule has 0 saturated carbocycles. The standard InChI is InChI=1S/C17H16N2O4/c1-2-22-13-6-3-11(4-7-13)9-16(20)18-12-5-8-14-15(10-12)23-17(21)19-14/h3-8,10H,2,9H2,1H3,(H,18,20)(H,19,21). The fraction of sp³-hybridized carbons (Fsp3) is 0.176. The molecule has 0 fully saturated rings. The van der Waals surface area contributed by atoms with Crippen LogP contribution in [-0.2, 0) is 11.2 Å². The second-order valence-corrected chi connectivity index (χ2v) is 5.03. The Balaban J connectivity index is 1.66. The van der Waals surface area contributed by atoms with Crippen LogP contribution in [0.25, 0.3) is 11.1 Å². The minimum Gasteiger partial charge on any atom is -0.494 e. The van der Waals surface area contributed by atoms with E-state index in [2.05, 4.69) is 10.3 Å². The molecule has 1 amide bonds. The maximum atomic E-state index is 12.1. The number of oxazole rings is 1. The summed E-state index contributed by atoms with van der Waals surface area (Å²) in [7, 11) is 0. The van der Waals surface area contributed by atoms with Crippen LogP contribution in [0.3, 0.4) is 0 Å². The van der Waals surface area contributed by atoms with Crippen LogP contribution in [0.15, 0.2) is 51.7 Å². The molecule has 1 aromatic heterocycles. The molecule has 0 saturated heterocycles. The monoisotopic (exact) mass is 312 g/mol. The van der Waals surface area contributed by atoms with Crippen molar-refractivity contribution in [3.05, 3.63) is 58.6 Å². The number of amides is 1. The second kappa shape index (κ2) is 6.39. The third-order valence-corrected chi connectivity index (χ3v) is 3.30. The van der Waals surface area contributed by atoms with E-state index in [-0.39, 0.29) is 12.3 Å². The zero-order valence-electron chi connectivity index (χ0n) is 12.6. The summed E-state index contributed by atoms with van der Waals surface area (Å²) < 4.78 is 10.3. The van der Waals surface area contributed by atoms with Gasteiger partial charge in [0.2, 0.25) is 5.91 Å². The number of aromatic amines is 1. The molecule has 0 atom stereocenters. The van der Waals surface area contributed by atoms with Gasteiger partial charge in [0, 0.05) is 11.8 Å². The van der Waals surface area contributed by atoms with Crippen LogP contribution in [0.2, 0.25) is 0 Å². The molecular formula is C17H16N2O4. The highest BCUT2D eigenvalue weighted by Crippen LogP contribution is 2.17. The molecule has 6 heteroatoms. The molecule has 3 rings (SSSR count). The quantitative estimate of drug-likeness (QED) is 0.758. The van der Waals surface area contributed by atoms with Crippen LogP contribution >= 0.6 is 0 Å². The van der Waals surface area contributed by atoms with E-state index in [0.717, 1.165) is 11.3 Å². The van der Waals surface area contributed by atoms with Crippen LogP contribution in [0.4, 0.5) is 5.69 Å². The molecule has 118 valence electrons. The highest BCUT2D eigenvalue weighted by Gasteiger charge is 2.07. The Morgan fingerprint density at radius 1 is 1.22 bits per heavy atom. The van der Waals surface area contributed by atoms with Gasteiger partial charge in [-0.2, -0.15) is 0 Å². The predicted molar refractivity (Wildman–Crippen MR) is 86.8 cm³/mol. The molecule has 0 unspecified atom stereocenters. The highest BCUT2D eigenvalue weighted by atomic mass is 16.5. The summed E-state index contributed by atoms with van der Waals surface area (Å²) in [5, 5.41) is 2.79. The maximum absolute atomic E-state index is 12.1. The molecule has 6 nitrogen and oxygen atoms in total. The Bertz CT molecular complexity index is 877. The van der Waals surface area contributed by atoms with Crippen LogP contribution in [-0.4, -0.2) is 17.5 Å². The SMILES string of the molecule is CCOc1ccc(CC(=O)Nc2ccc3[nH]c(=O)oc3c2)cc1. The van der Waals surface area contributed by atoms with Crippen LogP contribution in [0.1, 0.15) is 12.5 Å². The number of benzene rings is 2. The Morgan fingerprint density at radius 3 is 2.74 bits per heavy atom. The summed E-state index contributed by atoms with van der Waals surface area (Å²) in [6, 6.07) is 12.4. The molecule has 0 bridgehead atoms. The number of hydrogen-bond acceptors (Lipinski definition) is 4. The third kappa shape index (κ3) is 3.60. The van der Waals surface area contributed by atoms with Gasteiger partial charge in [0.1, 0.15) is 5.75 Å². The second-order valence-electron chi connectivity index (χ2n) is 5.03. The Kier molecular flexibility index (Phi) is 4.14. The molecular weight excluding hydrogens is 296 g/mol. The Hall–Kier alpha value is -3.02. The lowest BCUT2D eigenvalue weighted by Gasteiger charge is -2.06. The van der Waals surface area contributed by atoms with Crippen LogP contribution in [0.5, 0.6) is 5.75 Å². The van der Waals surface area contributed by atoms with Gasteiger partial charge in [0.25, 0.3) is 0 Å². The van der Waals surface area contributed by atoms with Gasteiger partial charge in [-0.3, -0.25) is 9.78 Å². The zero-order chi connectivity index (χ0) is 16.2. The fourth-order valence-corrected chi connectivity index (χ4v) is 2.28. The van der Waals surface area contributed by atoms with Gasteiger partial charge in [0.15, 0.2) is 5.58 Å². The maximum Gasteiger partial charge on any atom is 0.417 e. The van der Waals surface area contributed by atoms with Crippen molar-refractivity contribution >= 4 is 22.7 Å². The normalized spacial score (nSPS) is 10.7. The van der Waals surface area contributed by atoms with Crippen molar-refractivity contribution in [2.75, 3.05) is 11.9 Å². The van der Waals surface area contributed by atoms with Crippen molar-refractivity contribution < 1.29 is 13.9 Å². The van der Waals surface area contributed by atoms with Crippen LogP contribution < -0.4 is 15.8 Å². The molecule has 0 aliphatic rings.